The van der Waals surface area contributed by atoms with Crippen LogP contribution in [0.4, 0.5) is 0 Å². The average Bonchev–Trinajstić information content (AvgIpc) is 2.94. The van der Waals surface area contributed by atoms with Gasteiger partial charge in [-0.3, -0.25) is 4.18 Å². The molecule has 1 heterocycles. The molecule has 3 rings (SSSR count). The van der Waals surface area contributed by atoms with Crippen molar-refractivity contribution in [3.05, 3.63) is 71.8 Å². The van der Waals surface area contributed by atoms with Gasteiger partial charge in [0.05, 0.1) is 22.5 Å². The summed E-state index contributed by atoms with van der Waals surface area (Å²) < 4.78 is 61.7. The van der Waals surface area contributed by atoms with E-state index in [1.165, 1.54) is 11.1 Å². The summed E-state index contributed by atoms with van der Waals surface area (Å²) in [5, 5.41) is 20.5. The Kier molecular flexibility index (Phi) is 27.9. The van der Waals surface area contributed by atoms with Crippen molar-refractivity contribution in [3.8, 4) is 0 Å². The molecule has 0 aromatic heterocycles. The molecule has 10 nitrogen and oxygen atoms in total. The second-order valence-electron chi connectivity index (χ2n) is 8.98. The van der Waals surface area contributed by atoms with Crippen molar-refractivity contribution in [2.45, 2.75) is 64.2 Å². The molecule has 13 heteroatoms. The van der Waals surface area contributed by atoms with Crippen molar-refractivity contribution < 1.29 is 65.0 Å². The average molecular weight is 623 g/mol. The Morgan fingerprint density at radius 1 is 0.805 bits per heavy atom. The Bertz CT molecular complexity index is 1080. The predicted molar refractivity (Wildman–Crippen MR) is 153 cm³/mol. The SMILES string of the molecule is N#N.O=S(=O)([O-])CCCCOCCCCc1ccccc1.O=S1(=O)CCCCO1.OCCCCc1ccccc1.[Na+]. The number of ether oxygens (including phenoxy) is 1. The van der Waals surface area contributed by atoms with Gasteiger partial charge >= 0.3 is 29.6 Å². The standard InChI is InChI=1S/C14H22O4S.C10H14O.C4H8O3S.N2.Na/c15-19(16,17)13-7-6-12-18-11-5-4-10-14-8-2-1-3-9-14;11-9-5-4-8-10-6-2-1-3-7-10;5-8(6)4-2-1-3-7-8;1-2;/h1-3,8-9H,4-7,10-13H2,(H,15,16,17);1-3,6-7,11H,4-5,8-9H2;1-4H2;;/q;;;;+1/p-1. The number of benzene rings is 2. The molecule has 226 valence electrons. The number of aliphatic hydroxyl groups is 1. The minimum Gasteiger partial charge on any atom is -0.748 e. The number of unbranched alkanes of at least 4 members (excludes halogenated alkanes) is 3. The summed E-state index contributed by atoms with van der Waals surface area (Å²) in [5.41, 5.74) is 2.70. The normalized spacial score (nSPS) is 13.5. The third kappa shape index (κ3) is 28.5. The first-order valence-electron chi connectivity index (χ1n) is 13.5. The van der Waals surface area contributed by atoms with Gasteiger partial charge in [-0.1, -0.05) is 60.7 Å². The van der Waals surface area contributed by atoms with Crippen LogP contribution >= 0.6 is 0 Å². The summed E-state index contributed by atoms with van der Waals surface area (Å²) in [6.07, 6.45) is 8.85. The van der Waals surface area contributed by atoms with Crippen LogP contribution in [0.15, 0.2) is 60.7 Å². The number of hydrogen-bond donors (Lipinski definition) is 1. The molecule has 0 atom stereocenters. The van der Waals surface area contributed by atoms with Crippen molar-refractivity contribution >= 4 is 20.2 Å². The van der Waals surface area contributed by atoms with Gasteiger partial charge in [0, 0.05) is 36.4 Å². The second kappa shape index (κ2) is 27.4. The molecule has 0 unspecified atom stereocenters. The Balaban J connectivity index is 0. The van der Waals surface area contributed by atoms with E-state index in [0.29, 0.717) is 39.3 Å². The summed E-state index contributed by atoms with van der Waals surface area (Å²) in [4.78, 5) is 0. The van der Waals surface area contributed by atoms with Crippen molar-refractivity contribution in [2.75, 3.05) is 37.9 Å². The van der Waals surface area contributed by atoms with Crippen LogP contribution in [0.25, 0.3) is 0 Å². The monoisotopic (exact) mass is 622 g/mol. The summed E-state index contributed by atoms with van der Waals surface area (Å²) in [5.74, 6) is -0.0859. The largest absolute Gasteiger partial charge is 1.00 e. The molecular weight excluding hydrogens is 579 g/mol. The van der Waals surface area contributed by atoms with E-state index >= 15 is 0 Å². The van der Waals surface area contributed by atoms with Gasteiger partial charge in [0.15, 0.2) is 0 Å². The van der Waals surface area contributed by atoms with Gasteiger partial charge in [-0.05, 0) is 75.3 Å². The van der Waals surface area contributed by atoms with Crippen molar-refractivity contribution in [2.24, 2.45) is 0 Å². The van der Waals surface area contributed by atoms with Crippen LogP contribution in [0.2, 0.25) is 0 Å². The van der Waals surface area contributed by atoms with E-state index in [0.717, 1.165) is 51.4 Å². The van der Waals surface area contributed by atoms with E-state index in [-0.39, 0.29) is 41.1 Å². The molecule has 1 aliphatic rings. The van der Waals surface area contributed by atoms with E-state index in [9.17, 15) is 21.4 Å². The molecule has 2 aromatic carbocycles. The third-order valence-electron chi connectivity index (χ3n) is 5.55. The van der Waals surface area contributed by atoms with Gasteiger partial charge in [-0.2, -0.15) is 8.42 Å². The van der Waals surface area contributed by atoms with Crippen molar-refractivity contribution in [1.29, 1.82) is 10.8 Å². The van der Waals surface area contributed by atoms with Crippen LogP contribution in [0.3, 0.4) is 0 Å². The molecular formula is C28H43N2NaO8S2. The van der Waals surface area contributed by atoms with Gasteiger partial charge in [0.1, 0.15) is 0 Å². The number of aryl methyl sites for hydroxylation is 2. The van der Waals surface area contributed by atoms with Crippen LogP contribution in [0.5, 0.6) is 0 Å². The fourth-order valence-corrected chi connectivity index (χ4v) is 5.08. The molecule has 0 saturated carbocycles. The van der Waals surface area contributed by atoms with Crippen LogP contribution in [-0.2, 0) is 42.0 Å². The van der Waals surface area contributed by atoms with Crippen LogP contribution < -0.4 is 29.6 Å². The Morgan fingerprint density at radius 3 is 1.68 bits per heavy atom. The Morgan fingerprint density at radius 2 is 1.29 bits per heavy atom. The first-order chi connectivity index (χ1) is 19.2. The fourth-order valence-electron chi connectivity index (χ4n) is 3.47. The van der Waals surface area contributed by atoms with Crippen LogP contribution in [0.1, 0.15) is 62.5 Å². The Hall–Kier alpha value is -1.40. The van der Waals surface area contributed by atoms with Crippen LogP contribution in [0, 0.1) is 10.8 Å². The van der Waals surface area contributed by atoms with E-state index in [1.54, 1.807) is 0 Å². The van der Waals surface area contributed by atoms with E-state index < -0.39 is 20.2 Å². The van der Waals surface area contributed by atoms with Crippen molar-refractivity contribution in [1.82, 2.24) is 0 Å². The maximum absolute atomic E-state index is 10.4. The van der Waals surface area contributed by atoms with Gasteiger partial charge in [-0.25, -0.2) is 8.42 Å². The quantitative estimate of drug-likeness (QED) is 0.107. The molecule has 1 N–H and O–H groups in total. The number of hydrogen-bond acceptors (Lipinski definition) is 10. The first kappa shape index (κ1) is 41.7. The topological polar surface area (TPSA) is 178 Å². The molecule has 0 bridgehead atoms. The first-order valence-corrected chi connectivity index (χ1v) is 16.6. The zero-order valence-electron chi connectivity index (χ0n) is 24.1. The van der Waals surface area contributed by atoms with Gasteiger partial charge in [0.2, 0.25) is 0 Å². The minimum absolute atomic E-state index is 0. The molecule has 0 amide bonds. The summed E-state index contributed by atoms with van der Waals surface area (Å²) >= 11 is 0. The van der Waals surface area contributed by atoms with Gasteiger partial charge in [-0.15, -0.1) is 0 Å². The molecule has 1 aliphatic heterocycles. The molecule has 0 radical (unpaired) electrons. The van der Waals surface area contributed by atoms with Gasteiger partial charge in [0.25, 0.3) is 10.1 Å². The molecule has 0 spiro atoms. The third-order valence-corrected chi connectivity index (χ3v) is 7.65. The van der Waals surface area contributed by atoms with E-state index in [1.807, 2.05) is 36.4 Å². The smallest absolute Gasteiger partial charge is 0.748 e. The second-order valence-corrected chi connectivity index (χ2v) is 12.3. The maximum Gasteiger partial charge on any atom is 1.00 e. The predicted octanol–water partition coefficient (Wildman–Crippen LogP) is 1.51. The molecule has 41 heavy (non-hydrogen) atoms. The maximum atomic E-state index is 10.4. The number of rotatable bonds is 14. The molecule has 1 saturated heterocycles. The number of aliphatic hydroxyl groups excluding tert-OH is 1. The minimum atomic E-state index is -4.06. The molecule has 0 aliphatic carbocycles. The Labute approximate surface area is 268 Å². The summed E-state index contributed by atoms with van der Waals surface area (Å²) in [7, 11) is -7.14. The van der Waals surface area contributed by atoms with E-state index in [4.69, 9.17) is 20.6 Å². The zero-order valence-corrected chi connectivity index (χ0v) is 27.7. The molecule has 1 fully saturated rings. The fraction of sp³-hybridized carbons (Fsp3) is 0.571. The van der Waals surface area contributed by atoms with Crippen LogP contribution in [-0.4, -0.2) is 64.4 Å². The van der Waals surface area contributed by atoms with Gasteiger partial charge < -0.3 is 14.4 Å². The van der Waals surface area contributed by atoms with E-state index in [2.05, 4.69) is 28.4 Å². The summed E-state index contributed by atoms with van der Waals surface area (Å²) in [6, 6.07) is 20.7. The van der Waals surface area contributed by atoms with Crippen molar-refractivity contribution in [3.63, 3.8) is 0 Å². The zero-order chi connectivity index (χ0) is 30.0. The number of nitrogens with zero attached hydrogens (tertiary/aromatic N) is 2. The molecule has 2 aromatic rings. The summed E-state index contributed by atoms with van der Waals surface area (Å²) in [6.45, 7) is 1.91.